The lowest BCUT2D eigenvalue weighted by Gasteiger charge is -2.15. The van der Waals surface area contributed by atoms with Gasteiger partial charge in [0.05, 0.1) is 13.2 Å². The van der Waals surface area contributed by atoms with Gasteiger partial charge in [-0.25, -0.2) is 0 Å². The molecule has 0 saturated heterocycles. The maximum Gasteiger partial charge on any atom is 0.119 e. The average Bonchev–Trinajstić information content (AvgIpc) is 3.43. The van der Waals surface area contributed by atoms with Crippen LogP contribution in [-0.2, 0) is 0 Å². The molecule has 1 N–H and O–H groups in total. The number of benzene rings is 4. The molecule has 1 aromatic heterocycles. The minimum atomic E-state index is 0.633. The summed E-state index contributed by atoms with van der Waals surface area (Å²) in [6, 6.07) is 30.6. The second-order valence-corrected chi connectivity index (χ2v) is 12.1. The monoisotopic (exact) mass is 575 g/mol. The van der Waals surface area contributed by atoms with Gasteiger partial charge in [0, 0.05) is 21.8 Å². The fourth-order valence-corrected chi connectivity index (χ4v) is 5.97. The predicted molar refractivity (Wildman–Crippen MR) is 184 cm³/mol. The topological polar surface area (TPSA) is 34.2 Å². The first kappa shape index (κ1) is 30.7. The van der Waals surface area contributed by atoms with Crippen LogP contribution in [0.25, 0.3) is 44.1 Å². The van der Waals surface area contributed by atoms with Crippen LogP contribution in [0.4, 0.5) is 0 Å². The summed E-state index contributed by atoms with van der Waals surface area (Å²) in [5.41, 5.74) is 7.15. The number of ether oxygens (including phenoxy) is 2. The standard InChI is InChI=1S/C40H49NO2/c1-5-9-11-29(7-3)27-42-35-19-13-31(14-20-35)33-17-23-39-37(25-33)38-26-34(18-24-40(38)41-39)32-15-21-36(22-16-32)43-28-30(8-4)12-10-6-2/h13-26,29-30,41H,5-12,27-28H2,1-4H3. The van der Waals surface area contributed by atoms with Crippen LogP contribution in [0.3, 0.4) is 0 Å². The van der Waals surface area contributed by atoms with Crippen molar-refractivity contribution in [2.75, 3.05) is 13.2 Å². The molecular formula is C40H49NO2. The van der Waals surface area contributed by atoms with Gasteiger partial charge in [-0.1, -0.05) is 103 Å². The van der Waals surface area contributed by atoms with E-state index in [4.69, 9.17) is 9.47 Å². The molecule has 0 fully saturated rings. The normalized spacial score (nSPS) is 12.9. The number of hydrogen-bond acceptors (Lipinski definition) is 2. The molecule has 226 valence electrons. The quantitative estimate of drug-likeness (QED) is 0.127. The van der Waals surface area contributed by atoms with Gasteiger partial charge < -0.3 is 14.5 Å². The smallest absolute Gasteiger partial charge is 0.119 e. The van der Waals surface area contributed by atoms with Crippen molar-refractivity contribution in [3.63, 3.8) is 0 Å². The van der Waals surface area contributed by atoms with E-state index in [1.54, 1.807) is 0 Å². The van der Waals surface area contributed by atoms with Crippen molar-refractivity contribution in [2.24, 2.45) is 11.8 Å². The predicted octanol–water partition coefficient (Wildman–Crippen LogP) is 11.8. The first-order valence-corrected chi connectivity index (χ1v) is 16.6. The number of H-pyrrole nitrogens is 1. The lowest BCUT2D eigenvalue weighted by atomic mass is 10.00. The summed E-state index contributed by atoms with van der Waals surface area (Å²) >= 11 is 0. The van der Waals surface area contributed by atoms with Crippen LogP contribution in [0.1, 0.15) is 79.1 Å². The van der Waals surface area contributed by atoms with E-state index in [-0.39, 0.29) is 0 Å². The number of unbranched alkanes of at least 4 members (excludes halogenated alkanes) is 2. The number of hydrogen-bond donors (Lipinski definition) is 1. The number of fused-ring (bicyclic) bond motifs is 3. The third kappa shape index (κ3) is 7.82. The largest absolute Gasteiger partial charge is 0.493 e. The Labute approximate surface area is 258 Å². The Hall–Kier alpha value is -3.72. The lowest BCUT2D eigenvalue weighted by Crippen LogP contribution is -2.11. The maximum atomic E-state index is 6.16. The van der Waals surface area contributed by atoms with E-state index >= 15 is 0 Å². The summed E-state index contributed by atoms with van der Waals surface area (Å²) in [6.45, 7) is 10.6. The highest BCUT2D eigenvalue weighted by Gasteiger charge is 2.11. The highest BCUT2D eigenvalue weighted by molar-refractivity contribution is 6.09. The van der Waals surface area contributed by atoms with Crippen LogP contribution >= 0.6 is 0 Å². The van der Waals surface area contributed by atoms with E-state index < -0.39 is 0 Å². The van der Waals surface area contributed by atoms with Gasteiger partial charge >= 0.3 is 0 Å². The molecule has 0 spiro atoms. The molecule has 0 radical (unpaired) electrons. The van der Waals surface area contributed by atoms with E-state index in [0.717, 1.165) is 35.7 Å². The van der Waals surface area contributed by atoms with E-state index in [0.29, 0.717) is 11.8 Å². The molecule has 43 heavy (non-hydrogen) atoms. The van der Waals surface area contributed by atoms with E-state index in [1.165, 1.54) is 84.4 Å². The zero-order chi connectivity index (χ0) is 30.0. The van der Waals surface area contributed by atoms with Gasteiger partial charge in [0.25, 0.3) is 0 Å². The molecule has 4 aromatic carbocycles. The molecular weight excluding hydrogens is 526 g/mol. The number of nitrogens with one attached hydrogen (secondary N) is 1. The Morgan fingerprint density at radius 3 is 1.28 bits per heavy atom. The SMILES string of the molecule is CCCCC(CC)COc1ccc(-c2ccc3[nH]c4ccc(-c5ccc(OCC(CC)CCCC)cc5)cc4c3c2)cc1. The summed E-state index contributed by atoms with van der Waals surface area (Å²) in [6.07, 6.45) is 9.87. The molecule has 0 aliphatic heterocycles. The molecule has 0 bridgehead atoms. The van der Waals surface area contributed by atoms with Gasteiger partial charge in [-0.2, -0.15) is 0 Å². The molecule has 1 heterocycles. The van der Waals surface area contributed by atoms with Crippen molar-refractivity contribution >= 4 is 21.8 Å². The number of aromatic amines is 1. The Bertz CT molecular complexity index is 1450. The maximum absolute atomic E-state index is 6.16. The summed E-state index contributed by atoms with van der Waals surface area (Å²) in [4.78, 5) is 3.61. The summed E-state index contributed by atoms with van der Waals surface area (Å²) in [5, 5.41) is 2.49. The summed E-state index contributed by atoms with van der Waals surface area (Å²) < 4.78 is 12.3. The lowest BCUT2D eigenvalue weighted by molar-refractivity contribution is 0.233. The Morgan fingerprint density at radius 2 is 0.907 bits per heavy atom. The van der Waals surface area contributed by atoms with E-state index in [9.17, 15) is 0 Å². The van der Waals surface area contributed by atoms with E-state index in [2.05, 4.69) is 118 Å². The first-order chi connectivity index (χ1) is 21.1. The second-order valence-electron chi connectivity index (χ2n) is 12.1. The van der Waals surface area contributed by atoms with Crippen LogP contribution in [0.2, 0.25) is 0 Å². The molecule has 2 atom stereocenters. The molecule has 5 rings (SSSR count). The molecule has 3 heteroatoms. The Morgan fingerprint density at radius 1 is 0.512 bits per heavy atom. The van der Waals surface area contributed by atoms with Crippen molar-refractivity contribution < 1.29 is 9.47 Å². The minimum Gasteiger partial charge on any atom is -0.493 e. The summed E-state index contributed by atoms with van der Waals surface area (Å²) in [5.74, 6) is 3.17. The van der Waals surface area contributed by atoms with Crippen LogP contribution in [0.5, 0.6) is 11.5 Å². The van der Waals surface area contributed by atoms with Crippen LogP contribution in [0, 0.1) is 11.8 Å². The third-order valence-electron chi connectivity index (χ3n) is 9.03. The zero-order valence-electron chi connectivity index (χ0n) is 26.6. The van der Waals surface area contributed by atoms with Gasteiger partial charge in [-0.3, -0.25) is 0 Å². The molecule has 0 saturated carbocycles. The highest BCUT2D eigenvalue weighted by atomic mass is 16.5. The molecule has 0 aliphatic rings. The molecule has 3 nitrogen and oxygen atoms in total. The van der Waals surface area contributed by atoms with Crippen LogP contribution in [0.15, 0.2) is 84.9 Å². The average molecular weight is 576 g/mol. The van der Waals surface area contributed by atoms with Crippen LogP contribution in [-0.4, -0.2) is 18.2 Å². The molecule has 5 aromatic rings. The van der Waals surface area contributed by atoms with E-state index in [1.807, 2.05) is 0 Å². The summed E-state index contributed by atoms with van der Waals surface area (Å²) in [7, 11) is 0. The van der Waals surface area contributed by atoms with Gasteiger partial charge in [0.15, 0.2) is 0 Å². The van der Waals surface area contributed by atoms with Gasteiger partial charge in [-0.05, 0) is 95.5 Å². The Balaban J connectivity index is 1.30. The van der Waals surface area contributed by atoms with Crippen molar-refractivity contribution in [1.82, 2.24) is 4.98 Å². The Kier molecular flexibility index (Phi) is 10.8. The molecule has 0 amide bonds. The number of aromatic nitrogens is 1. The zero-order valence-corrected chi connectivity index (χ0v) is 26.6. The third-order valence-corrected chi connectivity index (χ3v) is 9.03. The van der Waals surface area contributed by atoms with Crippen molar-refractivity contribution in [2.45, 2.75) is 79.1 Å². The fourth-order valence-electron chi connectivity index (χ4n) is 5.97. The molecule has 0 aliphatic carbocycles. The van der Waals surface area contributed by atoms with Crippen molar-refractivity contribution in [3.05, 3.63) is 84.9 Å². The first-order valence-electron chi connectivity index (χ1n) is 16.6. The second kappa shape index (κ2) is 15.1. The van der Waals surface area contributed by atoms with Crippen LogP contribution < -0.4 is 9.47 Å². The fraction of sp³-hybridized carbons (Fsp3) is 0.400. The minimum absolute atomic E-state index is 0.633. The van der Waals surface area contributed by atoms with Gasteiger partial charge in [0.2, 0.25) is 0 Å². The van der Waals surface area contributed by atoms with Crippen molar-refractivity contribution in [3.8, 4) is 33.8 Å². The van der Waals surface area contributed by atoms with Crippen molar-refractivity contribution in [1.29, 1.82) is 0 Å². The number of rotatable bonds is 16. The molecule has 2 unspecified atom stereocenters. The van der Waals surface area contributed by atoms with Gasteiger partial charge in [-0.15, -0.1) is 0 Å². The highest BCUT2D eigenvalue weighted by Crippen LogP contribution is 2.34. The van der Waals surface area contributed by atoms with Gasteiger partial charge in [0.1, 0.15) is 11.5 Å².